The van der Waals surface area contributed by atoms with Gasteiger partial charge in [-0.15, -0.1) is 0 Å². The third-order valence-electron chi connectivity index (χ3n) is 2.17. The van der Waals surface area contributed by atoms with Crippen molar-refractivity contribution in [3.63, 3.8) is 0 Å². The van der Waals surface area contributed by atoms with Crippen LogP contribution in [0.25, 0.3) is 0 Å². The minimum atomic E-state index is 0.590. The van der Waals surface area contributed by atoms with Crippen LogP contribution < -0.4 is 10.1 Å². The second-order valence-electron chi connectivity index (χ2n) is 3.59. The number of rotatable bonds is 6. The Morgan fingerprint density at radius 1 is 1.25 bits per heavy atom. The minimum absolute atomic E-state index is 0.590. The Kier molecular flexibility index (Phi) is 5.96. The second-order valence-corrected chi connectivity index (χ2v) is 4.41. The summed E-state index contributed by atoms with van der Waals surface area (Å²) in [4.78, 5) is 0. The first-order valence-corrected chi connectivity index (χ1v) is 6.20. The van der Waals surface area contributed by atoms with E-state index in [9.17, 15) is 0 Å². The van der Waals surface area contributed by atoms with Crippen molar-refractivity contribution in [2.24, 2.45) is 0 Å². The largest absolute Gasteiger partial charge is 0.490 e. The second kappa shape index (κ2) is 7.00. The van der Waals surface area contributed by atoms with Crippen molar-refractivity contribution >= 4 is 23.2 Å². The third-order valence-corrected chi connectivity index (χ3v) is 2.73. The summed E-state index contributed by atoms with van der Waals surface area (Å²) in [6.07, 6.45) is 1.85. The zero-order valence-electron chi connectivity index (χ0n) is 9.65. The first-order valence-electron chi connectivity index (χ1n) is 5.44. The molecule has 90 valence electrons. The van der Waals surface area contributed by atoms with Crippen molar-refractivity contribution in [2.75, 3.05) is 20.2 Å². The van der Waals surface area contributed by atoms with Gasteiger partial charge in [0, 0.05) is 0 Å². The molecule has 0 saturated carbocycles. The van der Waals surface area contributed by atoms with E-state index in [0.29, 0.717) is 22.4 Å². The van der Waals surface area contributed by atoms with E-state index in [0.717, 1.165) is 24.9 Å². The molecule has 4 heteroatoms. The van der Waals surface area contributed by atoms with Gasteiger partial charge in [0.15, 0.2) is 5.75 Å². The van der Waals surface area contributed by atoms with Crippen LogP contribution in [0.15, 0.2) is 12.1 Å². The number of nitrogens with one attached hydrogen (secondary N) is 1. The lowest BCUT2D eigenvalue weighted by Gasteiger charge is -2.11. The molecule has 2 nitrogen and oxygen atoms in total. The first-order chi connectivity index (χ1) is 7.69. The summed E-state index contributed by atoms with van der Waals surface area (Å²) in [6, 6.07) is 3.82. The molecule has 0 heterocycles. The summed E-state index contributed by atoms with van der Waals surface area (Å²) in [5.41, 5.74) is 1.12. The standard InChI is InChI=1S/C12H17Cl2NO/c1-3-6-16-12-10(13)7-9(4-5-15-2)8-11(12)14/h7-8,15H,3-6H2,1-2H3. The average molecular weight is 262 g/mol. The molecule has 0 spiro atoms. The molecule has 1 aromatic rings. The SMILES string of the molecule is CCCOc1c(Cl)cc(CCNC)cc1Cl. The van der Waals surface area contributed by atoms with Crippen LogP contribution in [0.2, 0.25) is 10.0 Å². The Morgan fingerprint density at radius 3 is 2.38 bits per heavy atom. The topological polar surface area (TPSA) is 21.3 Å². The summed E-state index contributed by atoms with van der Waals surface area (Å²) >= 11 is 12.2. The molecule has 1 N–H and O–H groups in total. The highest BCUT2D eigenvalue weighted by molar-refractivity contribution is 6.37. The fraction of sp³-hybridized carbons (Fsp3) is 0.500. The van der Waals surface area contributed by atoms with Crippen molar-refractivity contribution in [2.45, 2.75) is 19.8 Å². The highest BCUT2D eigenvalue weighted by atomic mass is 35.5. The number of likely N-dealkylation sites (N-methyl/N-ethyl adjacent to an activating group) is 1. The molecule has 0 aliphatic heterocycles. The summed E-state index contributed by atoms with van der Waals surface area (Å²) in [5.74, 6) is 0.596. The van der Waals surface area contributed by atoms with Gasteiger partial charge in [0.2, 0.25) is 0 Å². The van der Waals surface area contributed by atoms with Gasteiger partial charge in [-0.25, -0.2) is 0 Å². The molecule has 1 aromatic carbocycles. The lowest BCUT2D eigenvalue weighted by Crippen LogP contribution is -2.10. The highest BCUT2D eigenvalue weighted by Gasteiger charge is 2.09. The maximum absolute atomic E-state index is 6.12. The van der Waals surface area contributed by atoms with Gasteiger partial charge < -0.3 is 10.1 Å². The summed E-state index contributed by atoms with van der Waals surface area (Å²) < 4.78 is 5.50. The monoisotopic (exact) mass is 261 g/mol. The Balaban J connectivity index is 2.80. The molecule has 0 bridgehead atoms. The van der Waals surface area contributed by atoms with Crippen molar-refractivity contribution in [1.82, 2.24) is 5.32 Å². The normalized spacial score (nSPS) is 10.5. The fourth-order valence-corrected chi connectivity index (χ4v) is 2.01. The van der Waals surface area contributed by atoms with Gasteiger partial charge in [-0.2, -0.15) is 0 Å². The van der Waals surface area contributed by atoms with E-state index in [1.807, 2.05) is 26.1 Å². The molecule has 1 rings (SSSR count). The van der Waals surface area contributed by atoms with Gasteiger partial charge >= 0.3 is 0 Å². The molecular weight excluding hydrogens is 245 g/mol. The van der Waals surface area contributed by atoms with E-state index in [2.05, 4.69) is 5.32 Å². The van der Waals surface area contributed by atoms with Gasteiger partial charge in [-0.1, -0.05) is 30.1 Å². The Hall–Kier alpha value is -0.440. The Labute approximate surface area is 107 Å². The van der Waals surface area contributed by atoms with Gasteiger partial charge in [0.25, 0.3) is 0 Å². The molecule has 0 amide bonds. The molecule has 0 aliphatic rings. The smallest absolute Gasteiger partial charge is 0.156 e. The molecule has 0 atom stereocenters. The third kappa shape index (κ3) is 3.85. The summed E-state index contributed by atoms with van der Waals surface area (Å²) in [7, 11) is 1.92. The highest BCUT2D eigenvalue weighted by Crippen LogP contribution is 2.34. The molecule has 0 fully saturated rings. The molecular formula is C12H17Cl2NO. The van der Waals surface area contributed by atoms with Crippen molar-refractivity contribution < 1.29 is 4.74 Å². The minimum Gasteiger partial charge on any atom is -0.490 e. The molecule has 0 unspecified atom stereocenters. The quantitative estimate of drug-likeness (QED) is 0.846. The van der Waals surface area contributed by atoms with Crippen LogP contribution in [0.5, 0.6) is 5.75 Å². The van der Waals surface area contributed by atoms with Crippen LogP contribution in [-0.4, -0.2) is 20.2 Å². The van der Waals surface area contributed by atoms with Crippen LogP contribution in [0.4, 0.5) is 0 Å². The van der Waals surface area contributed by atoms with Crippen LogP contribution in [0.3, 0.4) is 0 Å². The lowest BCUT2D eigenvalue weighted by atomic mass is 10.1. The van der Waals surface area contributed by atoms with Gasteiger partial charge in [0.1, 0.15) is 0 Å². The van der Waals surface area contributed by atoms with Gasteiger partial charge in [-0.3, -0.25) is 0 Å². The average Bonchev–Trinajstić information content (AvgIpc) is 2.25. The van der Waals surface area contributed by atoms with E-state index in [-0.39, 0.29) is 0 Å². The van der Waals surface area contributed by atoms with Crippen LogP contribution in [-0.2, 0) is 6.42 Å². The molecule has 0 aromatic heterocycles. The van der Waals surface area contributed by atoms with Crippen LogP contribution >= 0.6 is 23.2 Å². The van der Waals surface area contributed by atoms with E-state index >= 15 is 0 Å². The summed E-state index contributed by atoms with van der Waals surface area (Å²) in [5, 5.41) is 4.27. The molecule has 0 aliphatic carbocycles. The van der Waals surface area contributed by atoms with Crippen molar-refractivity contribution in [1.29, 1.82) is 0 Å². The van der Waals surface area contributed by atoms with Crippen LogP contribution in [0.1, 0.15) is 18.9 Å². The maximum atomic E-state index is 6.12. The van der Waals surface area contributed by atoms with E-state index in [1.165, 1.54) is 0 Å². The number of hydrogen-bond donors (Lipinski definition) is 1. The molecule has 16 heavy (non-hydrogen) atoms. The predicted molar refractivity (Wildman–Crippen MR) is 69.9 cm³/mol. The van der Waals surface area contributed by atoms with E-state index < -0.39 is 0 Å². The zero-order valence-corrected chi connectivity index (χ0v) is 11.2. The van der Waals surface area contributed by atoms with Gasteiger partial charge in [-0.05, 0) is 44.1 Å². The Bertz CT molecular complexity index is 319. The fourth-order valence-electron chi connectivity index (χ4n) is 1.37. The number of ether oxygens (including phenoxy) is 1. The van der Waals surface area contributed by atoms with Crippen molar-refractivity contribution in [3.8, 4) is 5.75 Å². The van der Waals surface area contributed by atoms with Crippen LogP contribution in [0, 0.1) is 0 Å². The number of hydrogen-bond acceptors (Lipinski definition) is 2. The Morgan fingerprint density at radius 2 is 1.88 bits per heavy atom. The maximum Gasteiger partial charge on any atom is 0.156 e. The van der Waals surface area contributed by atoms with Gasteiger partial charge in [0.05, 0.1) is 16.7 Å². The van der Waals surface area contributed by atoms with Crippen molar-refractivity contribution in [3.05, 3.63) is 27.7 Å². The molecule has 0 radical (unpaired) electrons. The van der Waals surface area contributed by atoms with E-state index in [4.69, 9.17) is 27.9 Å². The number of benzene rings is 1. The van der Waals surface area contributed by atoms with E-state index in [1.54, 1.807) is 0 Å². The first kappa shape index (κ1) is 13.6. The molecule has 0 saturated heterocycles. The predicted octanol–water partition coefficient (Wildman–Crippen LogP) is 3.54. The number of halogens is 2. The zero-order chi connectivity index (χ0) is 12.0. The lowest BCUT2D eigenvalue weighted by molar-refractivity contribution is 0.318. The summed E-state index contributed by atoms with van der Waals surface area (Å²) in [6.45, 7) is 3.58.